The molecule has 0 aliphatic carbocycles. The summed E-state index contributed by atoms with van der Waals surface area (Å²) in [6.07, 6.45) is 1.81. The van der Waals surface area contributed by atoms with Crippen molar-refractivity contribution >= 4 is 23.0 Å². The van der Waals surface area contributed by atoms with Gasteiger partial charge in [0.05, 0.1) is 11.7 Å². The molecule has 0 saturated carbocycles. The van der Waals surface area contributed by atoms with Crippen LogP contribution in [0.2, 0.25) is 0 Å². The predicted molar refractivity (Wildman–Crippen MR) is 128 cm³/mol. The molecule has 1 N–H and O–H groups in total. The Morgan fingerprint density at radius 1 is 0.903 bits per heavy atom. The minimum Gasteiger partial charge on any atom is -0.459 e. The van der Waals surface area contributed by atoms with Crippen molar-refractivity contribution in [3.8, 4) is 11.3 Å². The molecular formula is C26H23N3OS. The van der Waals surface area contributed by atoms with Crippen molar-refractivity contribution in [3.05, 3.63) is 108 Å². The van der Waals surface area contributed by atoms with Crippen LogP contribution < -0.4 is 10.2 Å². The van der Waals surface area contributed by atoms with Gasteiger partial charge in [-0.05, 0) is 73.6 Å². The normalized spacial score (nSPS) is 18.3. The molecule has 1 aliphatic rings. The zero-order chi connectivity index (χ0) is 21.4. The Labute approximate surface area is 187 Å². The predicted octanol–water partition coefficient (Wildman–Crippen LogP) is 6.14. The number of benzene rings is 2. The fourth-order valence-electron chi connectivity index (χ4n) is 4.28. The van der Waals surface area contributed by atoms with Crippen molar-refractivity contribution in [2.45, 2.75) is 25.9 Å². The van der Waals surface area contributed by atoms with Crippen molar-refractivity contribution in [1.82, 2.24) is 10.3 Å². The Morgan fingerprint density at radius 2 is 1.65 bits per heavy atom. The van der Waals surface area contributed by atoms with Gasteiger partial charge >= 0.3 is 0 Å². The molecule has 5 rings (SSSR count). The maximum atomic E-state index is 6.40. The number of furan rings is 1. The lowest BCUT2D eigenvalue weighted by molar-refractivity contribution is 0.439. The molecular weight excluding hydrogens is 402 g/mol. The first kappa shape index (κ1) is 19.5. The Bertz CT molecular complexity index is 1200. The van der Waals surface area contributed by atoms with Crippen LogP contribution in [-0.4, -0.2) is 10.1 Å². The van der Waals surface area contributed by atoms with E-state index < -0.39 is 0 Å². The molecule has 5 heteroatoms. The third-order valence-electron chi connectivity index (χ3n) is 5.56. The number of hydrogen-bond donors (Lipinski definition) is 1. The second kappa shape index (κ2) is 8.00. The lowest BCUT2D eigenvalue weighted by Gasteiger charge is -2.26. The average molecular weight is 426 g/mol. The van der Waals surface area contributed by atoms with Crippen LogP contribution in [0.3, 0.4) is 0 Å². The van der Waals surface area contributed by atoms with Gasteiger partial charge in [0.2, 0.25) is 0 Å². The van der Waals surface area contributed by atoms with E-state index in [-0.39, 0.29) is 12.1 Å². The summed E-state index contributed by atoms with van der Waals surface area (Å²) in [6.45, 7) is 4.21. The van der Waals surface area contributed by atoms with Gasteiger partial charge in [0, 0.05) is 17.4 Å². The minimum atomic E-state index is -0.152. The van der Waals surface area contributed by atoms with Crippen molar-refractivity contribution < 1.29 is 4.42 Å². The fourth-order valence-corrected chi connectivity index (χ4v) is 4.63. The van der Waals surface area contributed by atoms with Gasteiger partial charge in [-0.3, -0.25) is 4.98 Å². The maximum absolute atomic E-state index is 6.40. The Kier molecular flexibility index (Phi) is 5.04. The van der Waals surface area contributed by atoms with Crippen LogP contribution in [0.1, 0.15) is 34.7 Å². The van der Waals surface area contributed by atoms with Gasteiger partial charge in [0.1, 0.15) is 17.6 Å². The Hall–Kier alpha value is -3.44. The molecule has 2 atom stereocenters. The van der Waals surface area contributed by atoms with E-state index in [0.29, 0.717) is 5.11 Å². The van der Waals surface area contributed by atoms with E-state index in [9.17, 15) is 0 Å². The van der Waals surface area contributed by atoms with Crippen LogP contribution in [0, 0.1) is 13.8 Å². The van der Waals surface area contributed by atoms with Crippen molar-refractivity contribution in [2.24, 2.45) is 0 Å². The molecule has 0 spiro atoms. The molecule has 1 saturated heterocycles. The molecule has 3 heterocycles. The van der Waals surface area contributed by atoms with E-state index in [1.807, 2.05) is 54.7 Å². The van der Waals surface area contributed by atoms with Crippen LogP contribution >= 0.6 is 12.2 Å². The summed E-state index contributed by atoms with van der Waals surface area (Å²) < 4.78 is 6.40. The minimum absolute atomic E-state index is 0.121. The first-order chi connectivity index (χ1) is 15.1. The van der Waals surface area contributed by atoms with E-state index in [2.05, 4.69) is 59.4 Å². The summed E-state index contributed by atoms with van der Waals surface area (Å²) in [4.78, 5) is 6.76. The molecule has 31 heavy (non-hydrogen) atoms. The van der Waals surface area contributed by atoms with Crippen LogP contribution in [0.4, 0.5) is 5.69 Å². The van der Waals surface area contributed by atoms with Crippen molar-refractivity contribution in [1.29, 1.82) is 0 Å². The highest BCUT2D eigenvalue weighted by molar-refractivity contribution is 7.80. The summed E-state index contributed by atoms with van der Waals surface area (Å²) in [5.41, 5.74) is 5.43. The molecule has 0 radical (unpaired) electrons. The van der Waals surface area contributed by atoms with Crippen molar-refractivity contribution in [2.75, 3.05) is 4.90 Å². The number of aryl methyl sites for hydroxylation is 2. The topological polar surface area (TPSA) is 41.3 Å². The number of hydrogen-bond acceptors (Lipinski definition) is 3. The second-order valence-corrected chi connectivity index (χ2v) is 8.30. The lowest BCUT2D eigenvalue weighted by Crippen LogP contribution is -2.29. The second-order valence-electron chi connectivity index (χ2n) is 7.91. The maximum Gasteiger partial charge on any atom is 0.174 e. The van der Waals surface area contributed by atoms with Crippen LogP contribution in [0.25, 0.3) is 11.3 Å². The summed E-state index contributed by atoms with van der Waals surface area (Å²) in [7, 11) is 0. The standard InChI is InChI=1S/C26H23N3OS/c1-17-14-18(2)16-20(15-17)29-25(24(28-26(29)31)21-10-6-7-13-27-21)23-12-11-22(30-23)19-8-4-3-5-9-19/h3-16,24-25H,1-2H3,(H,28,31)/t24-,25-/m0/s1. The molecule has 2 aromatic heterocycles. The van der Waals surface area contributed by atoms with E-state index >= 15 is 0 Å². The van der Waals surface area contributed by atoms with Gasteiger partial charge < -0.3 is 14.6 Å². The first-order valence-corrected chi connectivity index (χ1v) is 10.7. The highest BCUT2D eigenvalue weighted by Crippen LogP contribution is 2.43. The highest BCUT2D eigenvalue weighted by Gasteiger charge is 2.42. The van der Waals surface area contributed by atoms with E-state index in [4.69, 9.17) is 16.6 Å². The molecule has 1 aliphatic heterocycles. The lowest BCUT2D eigenvalue weighted by atomic mass is 10.0. The van der Waals surface area contributed by atoms with Gasteiger partial charge in [0.25, 0.3) is 0 Å². The Balaban J connectivity index is 1.62. The number of nitrogens with one attached hydrogen (secondary N) is 1. The molecule has 4 nitrogen and oxygen atoms in total. The number of anilines is 1. The summed E-state index contributed by atoms with van der Waals surface area (Å²) in [5, 5.41) is 4.16. The summed E-state index contributed by atoms with van der Waals surface area (Å²) >= 11 is 5.81. The van der Waals surface area contributed by atoms with Gasteiger partial charge in [-0.2, -0.15) is 0 Å². The molecule has 4 aromatic rings. The molecule has 1 fully saturated rings. The summed E-state index contributed by atoms with van der Waals surface area (Å²) in [5.74, 6) is 1.69. The highest BCUT2D eigenvalue weighted by atomic mass is 32.1. The number of rotatable bonds is 4. The largest absolute Gasteiger partial charge is 0.459 e. The van der Waals surface area contributed by atoms with Crippen LogP contribution in [0.15, 0.2) is 89.5 Å². The molecule has 0 bridgehead atoms. The van der Waals surface area contributed by atoms with Gasteiger partial charge in [-0.15, -0.1) is 0 Å². The monoisotopic (exact) mass is 425 g/mol. The quantitative estimate of drug-likeness (QED) is 0.398. The van der Waals surface area contributed by atoms with Crippen molar-refractivity contribution in [3.63, 3.8) is 0 Å². The number of thiocarbonyl (C=S) groups is 1. The van der Waals surface area contributed by atoms with E-state index in [1.54, 1.807) is 0 Å². The first-order valence-electron chi connectivity index (χ1n) is 10.3. The van der Waals surface area contributed by atoms with Gasteiger partial charge in [0.15, 0.2) is 5.11 Å². The number of nitrogens with zero attached hydrogens (tertiary/aromatic N) is 2. The Morgan fingerprint density at radius 3 is 2.35 bits per heavy atom. The van der Waals surface area contributed by atoms with Crippen LogP contribution in [0.5, 0.6) is 0 Å². The van der Waals surface area contributed by atoms with Crippen LogP contribution in [-0.2, 0) is 0 Å². The fraction of sp³-hybridized carbons (Fsp3) is 0.154. The van der Waals surface area contributed by atoms with Gasteiger partial charge in [-0.1, -0.05) is 42.5 Å². The average Bonchev–Trinajstić information content (AvgIpc) is 3.39. The summed E-state index contributed by atoms with van der Waals surface area (Å²) in [6, 6.07) is 26.4. The zero-order valence-electron chi connectivity index (χ0n) is 17.4. The molecule has 154 valence electrons. The molecule has 2 aromatic carbocycles. The smallest absolute Gasteiger partial charge is 0.174 e. The molecule has 0 amide bonds. The number of aromatic nitrogens is 1. The number of pyridine rings is 1. The third kappa shape index (κ3) is 3.73. The van der Waals surface area contributed by atoms with E-state index in [1.165, 1.54) is 11.1 Å². The molecule has 0 unspecified atom stereocenters. The zero-order valence-corrected chi connectivity index (χ0v) is 18.3. The SMILES string of the molecule is Cc1cc(C)cc(N2C(=S)N[C@@H](c3ccccn3)[C@@H]2c2ccc(-c3ccccc3)o2)c1. The van der Waals surface area contributed by atoms with E-state index in [0.717, 1.165) is 28.5 Å². The third-order valence-corrected chi connectivity index (χ3v) is 5.87. The van der Waals surface area contributed by atoms with Gasteiger partial charge in [-0.25, -0.2) is 0 Å².